The molecule has 1 atom stereocenters. The van der Waals surface area contributed by atoms with E-state index in [1.165, 1.54) is 9.75 Å². The summed E-state index contributed by atoms with van der Waals surface area (Å²) in [6.45, 7) is 5.96. The fraction of sp³-hybridized carbons (Fsp3) is 0.611. The van der Waals surface area contributed by atoms with Gasteiger partial charge in [-0.25, -0.2) is 4.98 Å². The highest BCUT2D eigenvalue weighted by Gasteiger charge is 2.45. The average molecular weight is 377 g/mol. The standard InChI is InChI=1S/C18H24N4OS2/c1-14-20-10-16(25-14)11-21-7-2-4-18(6-8-21)5-3-17(23)22(18)12-15-9-19-13-24-15/h9-10,13H,2-8,11-12H2,1H3/t18-/m0/s1. The van der Waals surface area contributed by atoms with Gasteiger partial charge in [-0.3, -0.25) is 14.7 Å². The first-order chi connectivity index (χ1) is 12.1. The molecule has 0 bridgehead atoms. The quantitative estimate of drug-likeness (QED) is 0.820. The lowest BCUT2D eigenvalue weighted by Crippen LogP contribution is -2.45. The van der Waals surface area contributed by atoms with Crippen LogP contribution in [0.1, 0.15) is 46.9 Å². The molecule has 4 rings (SSSR count). The Kier molecular flexibility index (Phi) is 4.88. The summed E-state index contributed by atoms with van der Waals surface area (Å²) in [6, 6.07) is 0. The number of aryl methyl sites for hydroxylation is 1. The van der Waals surface area contributed by atoms with Gasteiger partial charge >= 0.3 is 0 Å². The third-order valence-electron chi connectivity index (χ3n) is 5.53. The second-order valence-electron chi connectivity index (χ2n) is 7.15. The Morgan fingerprint density at radius 1 is 1.16 bits per heavy atom. The van der Waals surface area contributed by atoms with E-state index in [0.717, 1.165) is 56.9 Å². The van der Waals surface area contributed by atoms with E-state index in [4.69, 9.17) is 0 Å². The van der Waals surface area contributed by atoms with Crippen LogP contribution in [0.15, 0.2) is 17.9 Å². The molecule has 5 nitrogen and oxygen atoms in total. The number of nitrogens with zero attached hydrogens (tertiary/aromatic N) is 4. The Morgan fingerprint density at radius 2 is 2.08 bits per heavy atom. The van der Waals surface area contributed by atoms with Gasteiger partial charge in [-0.05, 0) is 39.2 Å². The van der Waals surface area contributed by atoms with E-state index >= 15 is 0 Å². The fourth-order valence-electron chi connectivity index (χ4n) is 4.22. The molecule has 2 fully saturated rings. The zero-order valence-electron chi connectivity index (χ0n) is 14.6. The van der Waals surface area contributed by atoms with Gasteiger partial charge in [-0.15, -0.1) is 22.7 Å². The maximum absolute atomic E-state index is 12.6. The van der Waals surface area contributed by atoms with E-state index in [-0.39, 0.29) is 5.54 Å². The first-order valence-corrected chi connectivity index (χ1v) is 10.7. The highest BCUT2D eigenvalue weighted by molar-refractivity contribution is 7.11. The lowest BCUT2D eigenvalue weighted by molar-refractivity contribution is -0.132. The summed E-state index contributed by atoms with van der Waals surface area (Å²) >= 11 is 3.44. The van der Waals surface area contributed by atoms with Crippen molar-refractivity contribution < 1.29 is 4.79 Å². The van der Waals surface area contributed by atoms with Gasteiger partial charge in [0.05, 0.1) is 17.1 Å². The van der Waals surface area contributed by atoms with Crippen molar-refractivity contribution in [2.24, 2.45) is 0 Å². The number of aromatic nitrogens is 2. The van der Waals surface area contributed by atoms with Gasteiger partial charge in [0.25, 0.3) is 0 Å². The molecule has 2 saturated heterocycles. The summed E-state index contributed by atoms with van der Waals surface area (Å²) in [5.41, 5.74) is 1.91. The first kappa shape index (κ1) is 17.1. The Morgan fingerprint density at radius 3 is 2.84 bits per heavy atom. The smallest absolute Gasteiger partial charge is 0.223 e. The highest BCUT2D eigenvalue weighted by Crippen LogP contribution is 2.40. The molecular formula is C18H24N4OS2. The van der Waals surface area contributed by atoms with Crippen molar-refractivity contribution >= 4 is 28.6 Å². The van der Waals surface area contributed by atoms with Gasteiger partial charge in [-0.2, -0.15) is 0 Å². The first-order valence-electron chi connectivity index (χ1n) is 8.96. The van der Waals surface area contributed by atoms with Crippen LogP contribution < -0.4 is 0 Å². The molecule has 1 spiro atoms. The van der Waals surface area contributed by atoms with Crippen LogP contribution in [-0.4, -0.2) is 44.3 Å². The van der Waals surface area contributed by atoms with Crippen LogP contribution >= 0.6 is 22.7 Å². The van der Waals surface area contributed by atoms with Gasteiger partial charge in [0.2, 0.25) is 5.91 Å². The second-order valence-corrected chi connectivity index (χ2v) is 9.44. The Bertz CT molecular complexity index is 729. The lowest BCUT2D eigenvalue weighted by atomic mass is 9.87. The van der Waals surface area contributed by atoms with Crippen molar-refractivity contribution in [3.63, 3.8) is 0 Å². The van der Waals surface area contributed by atoms with Crippen LogP contribution in [0.5, 0.6) is 0 Å². The number of amides is 1. The molecular weight excluding hydrogens is 352 g/mol. The van der Waals surface area contributed by atoms with E-state index in [1.807, 2.05) is 17.9 Å². The molecule has 0 saturated carbocycles. The van der Waals surface area contributed by atoms with E-state index in [2.05, 4.69) is 26.7 Å². The molecule has 134 valence electrons. The monoisotopic (exact) mass is 376 g/mol. The number of thiazole rings is 2. The predicted octanol–water partition coefficient (Wildman–Crippen LogP) is 3.46. The van der Waals surface area contributed by atoms with E-state index in [1.54, 1.807) is 22.7 Å². The third-order valence-corrected chi connectivity index (χ3v) is 7.20. The van der Waals surface area contributed by atoms with Crippen LogP contribution in [0.3, 0.4) is 0 Å². The molecule has 7 heteroatoms. The van der Waals surface area contributed by atoms with Crippen molar-refractivity contribution in [1.82, 2.24) is 19.8 Å². The van der Waals surface area contributed by atoms with Crippen LogP contribution in [0, 0.1) is 6.92 Å². The van der Waals surface area contributed by atoms with Crippen molar-refractivity contribution in [1.29, 1.82) is 0 Å². The molecule has 2 aromatic rings. The average Bonchev–Trinajstić information content (AvgIpc) is 3.27. The van der Waals surface area contributed by atoms with Crippen LogP contribution in [0.2, 0.25) is 0 Å². The van der Waals surface area contributed by atoms with Crippen molar-refractivity contribution in [2.45, 2.75) is 57.7 Å². The zero-order valence-corrected chi connectivity index (χ0v) is 16.2. The third kappa shape index (κ3) is 3.64. The Labute approximate surface area is 156 Å². The van der Waals surface area contributed by atoms with Crippen LogP contribution in [0.25, 0.3) is 0 Å². The minimum Gasteiger partial charge on any atom is -0.332 e. The zero-order chi connectivity index (χ0) is 17.3. The summed E-state index contributed by atoms with van der Waals surface area (Å²) in [7, 11) is 0. The largest absolute Gasteiger partial charge is 0.332 e. The Balaban J connectivity index is 1.45. The fourth-order valence-corrected chi connectivity index (χ4v) is 5.64. The van der Waals surface area contributed by atoms with E-state index in [9.17, 15) is 4.79 Å². The normalized spacial score (nSPS) is 25.0. The SMILES string of the molecule is Cc1ncc(CN2CCC[C@]3(CCC(=O)N3Cc3cncs3)CC2)s1. The number of likely N-dealkylation sites (tertiary alicyclic amines) is 2. The minimum atomic E-state index is 0.0550. The minimum absolute atomic E-state index is 0.0550. The molecule has 0 aromatic carbocycles. The summed E-state index contributed by atoms with van der Waals surface area (Å²) in [5, 5.41) is 1.14. The van der Waals surface area contributed by atoms with Crippen LogP contribution in [0.4, 0.5) is 0 Å². The molecule has 0 aliphatic carbocycles. The molecule has 0 radical (unpaired) electrons. The van der Waals surface area contributed by atoms with E-state index in [0.29, 0.717) is 12.3 Å². The van der Waals surface area contributed by atoms with Crippen molar-refractivity contribution in [3.05, 3.63) is 32.7 Å². The summed E-state index contributed by atoms with van der Waals surface area (Å²) in [5.74, 6) is 0.319. The predicted molar refractivity (Wildman–Crippen MR) is 101 cm³/mol. The number of hydrogen-bond acceptors (Lipinski definition) is 6. The summed E-state index contributed by atoms with van der Waals surface area (Å²) in [4.78, 5) is 28.3. The maximum Gasteiger partial charge on any atom is 0.223 e. The van der Waals surface area contributed by atoms with Gasteiger partial charge < -0.3 is 4.90 Å². The number of carbonyl (C=O) groups excluding carboxylic acids is 1. The molecule has 25 heavy (non-hydrogen) atoms. The van der Waals surface area contributed by atoms with Crippen molar-refractivity contribution in [2.75, 3.05) is 13.1 Å². The summed E-state index contributed by atoms with van der Waals surface area (Å²) in [6.07, 6.45) is 8.98. The molecule has 2 aromatic heterocycles. The molecule has 2 aliphatic rings. The number of rotatable bonds is 4. The van der Waals surface area contributed by atoms with Gasteiger partial charge in [0, 0.05) is 47.2 Å². The van der Waals surface area contributed by atoms with Crippen LogP contribution in [-0.2, 0) is 17.9 Å². The number of carbonyl (C=O) groups is 1. The number of hydrogen-bond donors (Lipinski definition) is 0. The molecule has 4 heterocycles. The molecule has 0 unspecified atom stereocenters. The highest BCUT2D eigenvalue weighted by atomic mass is 32.1. The van der Waals surface area contributed by atoms with Gasteiger partial charge in [-0.1, -0.05) is 0 Å². The van der Waals surface area contributed by atoms with Crippen molar-refractivity contribution in [3.8, 4) is 0 Å². The topological polar surface area (TPSA) is 49.3 Å². The molecule has 2 aliphatic heterocycles. The summed E-state index contributed by atoms with van der Waals surface area (Å²) < 4.78 is 0. The molecule has 0 N–H and O–H groups in total. The maximum atomic E-state index is 12.6. The van der Waals surface area contributed by atoms with E-state index < -0.39 is 0 Å². The lowest BCUT2D eigenvalue weighted by Gasteiger charge is -2.38. The van der Waals surface area contributed by atoms with Gasteiger partial charge in [0.1, 0.15) is 0 Å². The van der Waals surface area contributed by atoms with Gasteiger partial charge in [0.15, 0.2) is 0 Å². The second kappa shape index (κ2) is 7.13. The Hall–Kier alpha value is -1.31. The molecule has 1 amide bonds.